The first-order valence-corrected chi connectivity index (χ1v) is 12.2. The van der Waals surface area contributed by atoms with Crippen molar-refractivity contribution in [2.24, 2.45) is 0 Å². The Morgan fingerprint density at radius 2 is 1.79 bits per heavy atom. The van der Waals surface area contributed by atoms with Crippen LogP contribution in [0, 0.1) is 0 Å². The molecule has 0 N–H and O–H groups in total. The van der Waals surface area contributed by atoms with Gasteiger partial charge in [-0.2, -0.15) is 13.1 Å². The number of benzene rings is 2. The van der Waals surface area contributed by atoms with E-state index in [1.54, 1.807) is 23.1 Å². The number of hydrogen-bond donors (Lipinski definition) is 0. The Balaban J connectivity index is 1.39. The predicted molar refractivity (Wildman–Crippen MR) is 115 cm³/mol. The van der Waals surface area contributed by atoms with Crippen LogP contribution in [0.2, 0.25) is 0 Å². The van der Waals surface area contributed by atoms with E-state index in [4.69, 9.17) is 0 Å². The molecule has 0 spiro atoms. The first-order valence-electron chi connectivity index (χ1n) is 9.19. The molecule has 1 aliphatic rings. The zero-order valence-electron chi connectivity index (χ0n) is 15.5. The molecule has 1 fully saturated rings. The van der Waals surface area contributed by atoms with Crippen molar-refractivity contribution in [3.63, 3.8) is 0 Å². The van der Waals surface area contributed by atoms with Crippen LogP contribution in [0.25, 0.3) is 11.0 Å². The second kappa shape index (κ2) is 8.47. The Morgan fingerprint density at radius 1 is 1.03 bits per heavy atom. The van der Waals surface area contributed by atoms with Gasteiger partial charge in [-0.05, 0) is 30.2 Å². The van der Waals surface area contributed by atoms with Gasteiger partial charge in [0.05, 0.1) is 11.7 Å². The lowest BCUT2D eigenvalue weighted by Gasteiger charge is -2.34. The second-order valence-corrected chi connectivity index (χ2v) is 10.1. The number of carbonyl (C=O) groups excluding carboxylic acids is 1. The van der Waals surface area contributed by atoms with Gasteiger partial charge in [0, 0.05) is 37.1 Å². The molecule has 2 heterocycles. The van der Waals surface area contributed by atoms with E-state index in [9.17, 15) is 13.2 Å². The summed E-state index contributed by atoms with van der Waals surface area (Å²) in [7, 11) is -3.68. The largest absolute Gasteiger partial charge is 0.340 e. The molecule has 0 saturated carbocycles. The van der Waals surface area contributed by atoms with Crippen molar-refractivity contribution < 1.29 is 13.2 Å². The first-order chi connectivity index (χ1) is 14.0. The topological polar surface area (TPSA) is 83.5 Å². The number of amides is 1. The molecule has 0 atom stereocenters. The fourth-order valence-electron chi connectivity index (χ4n) is 3.41. The fraction of sp³-hybridized carbons (Fsp3) is 0.316. The molecule has 152 valence electrons. The molecular formula is C19H19BrN4O3S2. The van der Waals surface area contributed by atoms with Crippen molar-refractivity contribution in [3.8, 4) is 0 Å². The van der Waals surface area contributed by atoms with Crippen LogP contribution in [0.1, 0.15) is 12.0 Å². The molecule has 1 aliphatic heterocycles. The van der Waals surface area contributed by atoms with Gasteiger partial charge in [-0.15, -0.1) is 0 Å². The van der Waals surface area contributed by atoms with Gasteiger partial charge >= 0.3 is 0 Å². The van der Waals surface area contributed by atoms with Gasteiger partial charge < -0.3 is 4.90 Å². The second-order valence-electron chi connectivity index (χ2n) is 6.76. The van der Waals surface area contributed by atoms with E-state index >= 15 is 0 Å². The number of carbonyl (C=O) groups is 1. The highest BCUT2D eigenvalue weighted by molar-refractivity contribution is 9.10. The van der Waals surface area contributed by atoms with E-state index in [2.05, 4.69) is 24.7 Å². The predicted octanol–water partition coefficient (Wildman–Crippen LogP) is 2.92. The van der Waals surface area contributed by atoms with Gasteiger partial charge in [-0.3, -0.25) is 4.79 Å². The van der Waals surface area contributed by atoms with Crippen molar-refractivity contribution in [1.29, 1.82) is 0 Å². The van der Waals surface area contributed by atoms with Crippen LogP contribution in [0.4, 0.5) is 0 Å². The number of rotatable bonds is 5. The molecule has 29 heavy (non-hydrogen) atoms. The summed E-state index contributed by atoms with van der Waals surface area (Å²) in [5, 5.41) is 0. The van der Waals surface area contributed by atoms with Crippen molar-refractivity contribution in [2.45, 2.75) is 17.7 Å². The Morgan fingerprint density at radius 3 is 2.55 bits per heavy atom. The third-order valence-corrected chi connectivity index (χ3v) is 8.27. The number of halogens is 1. The monoisotopic (exact) mass is 494 g/mol. The summed E-state index contributed by atoms with van der Waals surface area (Å²) < 4.78 is 36.8. The van der Waals surface area contributed by atoms with Crippen molar-refractivity contribution >= 4 is 54.6 Å². The number of piperazine rings is 1. The molecule has 1 aromatic heterocycles. The van der Waals surface area contributed by atoms with Gasteiger partial charge in [0.2, 0.25) is 15.9 Å². The normalized spacial score (nSPS) is 15.7. The first kappa shape index (κ1) is 20.4. The smallest absolute Gasteiger partial charge is 0.245 e. The van der Waals surface area contributed by atoms with E-state index < -0.39 is 10.0 Å². The van der Waals surface area contributed by atoms with E-state index in [1.807, 2.05) is 24.3 Å². The molecule has 0 unspecified atom stereocenters. The Bertz CT molecular complexity index is 1140. The number of fused-ring (bicyclic) bond motifs is 1. The van der Waals surface area contributed by atoms with Gasteiger partial charge in [-0.1, -0.05) is 40.2 Å². The molecule has 10 heteroatoms. The minimum Gasteiger partial charge on any atom is -0.340 e. The van der Waals surface area contributed by atoms with Gasteiger partial charge in [0.15, 0.2) is 0 Å². The van der Waals surface area contributed by atoms with Crippen molar-refractivity contribution in [2.75, 3.05) is 26.2 Å². The van der Waals surface area contributed by atoms with E-state index in [-0.39, 0.29) is 23.9 Å². The summed E-state index contributed by atoms with van der Waals surface area (Å²) in [6.45, 7) is 1.33. The molecule has 0 aliphatic carbocycles. The third-order valence-electron chi connectivity index (χ3n) is 5.02. The summed E-state index contributed by atoms with van der Waals surface area (Å²) in [6.07, 6.45) is 1.05. The van der Waals surface area contributed by atoms with Crippen LogP contribution in [-0.2, 0) is 21.2 Å². The lowest BCUT2D eigenvalue weighted by molar-refractivity contribution is -0.132. The number of aryl methyl sites for hydroxylation is 1. The number of sulfonamides is 1. The van der Waals surface area contributed by atoms with Gasteiger partial charge in [0.25, 0.3) is 0 Å². The molecule has 3 aromatic rings. The Kier molecular flexibility index (Phi) is 5.95. The van der Waals surface area contributed by atoms with Crippen LogP contribution in [-0.4, -0.2) is 58.5 Å². The zero-order chi connectivity index (χ0) is 20.4. The van der Waals surface area contributed by atoms with Crippen molar-refractivity contribution in [1.82, 2.24) is 18.0 Å². The lowest BCUT2D eigenvalue weighted by atomic mass is 10.1. The average molecular weight is 495 g/mol. The van der Waals surface area contributed by atoms with E-state index in [0.29, 0.717) is 37.0 Å². The lowest BCUT2D eigenvalue weighted by Crippen LogP contribution is -2.50. The van der Waals surface area contributed by atoms with Gasteiger partial charge in [0.1, 0.15) is 15.9 Å². The zero-order valence-corrected chi connectivity index (χ0v) is 18.7. The van der Waals surface area contributed by atoms with Crippen LogP contribution in [0.3, 0.4) is 0 Å². The highest BCUT2D eigenvalue weighted by Crippen LogP contribution is 2.25. The van der Waals surface area contributed by atoms with Gasteiger partial charge in [-0.25, -0.2) is 8.42 Å². The molecule has 2 aromatic carbocycles. The van der Waals surface area contributed by atoms with Crippen molar-refractivity contribution in [3.05, 3.63) is 52.5 Å². The molecule has 4 rings (SSSR count). The summed E-state index contributed by atoms with van der Waals surface area (Å²) in [5.74, 6) is 0.0450. The SMILES string of the molecule is O=C(CCc1ccccc1Br)N1CCN(S(=O)(=O)c2cccc3nsnc23)CC1. The summed E-state index contributed by atoms with van der Waals surface area (Å²) >= 11 is 4.50. The van der Waals surface area contributed by atoms with Crippen LogP contribution >= 0.6 is 27.7 Å². The number of hydrogen-bond acceptors (Lipinski definition) is 6. The fourth-order valence-corrected chi connectivity index (χ4v) is 6.07. The highest BCUT2D eigenvalue weighted by Gasteiger charge is 2.31. The third kappa shape index (κ3) is 4.20. The minimum atomic E-state index is -3.68. The van der Waals surface area contributed by atoms with Crippen LogP contribution in [0.15, 0.2) is 51.8 Å². The highest BCUT2D eigenvalue weighted by atomic mass is 79.9. The van der Waals surface area contributed by atoms with E-state index in [0.717, 1.165) is 21.8 Å². The summed E-state index contributed by atoms with van der Waals surface area (Å²) in [4.78, 5) is 14.5. The van der Waals surface area contributed by atoms with Crippen LogP contribution < -0.4 is 0 Å². The molecule has 7 nitrogen and oxygen atoms in total. The minimum absolute atomic E-state index is 0.0450. The molecular weight excluding hydrogens is 476 g/mol. The average Bonchev–Trinajstić information content (AvgIpc) is 3.22. The Labute approximate surface area is 181 Å². The number of nitrogens with zero attached hydrogens (tertiary/aromatic N) is 4. The number of aromatic nitrogens is 2. The summed E-state index contributed by atoms with van der Waals surface area (Å²) in [6, 6.07) is 12.8. The maximum atomic E-state index is 13.1. The maximum Gasteiger partial charge on any atom is 0.245 e. The molecule has 1 saturated heterocycles. The molecule has 0 radical (unpaired) electrons. The standard InChI is InChI=1S/C19H19BrN4O3S2/c20-15-5-2-1-4-14(15)8-9-18(25)23-10-12-24(13-11-23)29(26,27)17-7-3-6-16-19(17)22-28-21-16/h1-7H,8-13H2. The Hall–Kier alpha value is -1.88. The van der Waals surface area contributed by atoms with E-state index in [1.165, 1.54) is 4.31 Å². The van der Waals surface area contributed by atoms with Crippen LogP contribution in [0.5, 0.6) is 0 Å². The molecule has 0 bridgehead atoms. The maximum absolute atomic E-state index is 13.1. The quantitative estimate of drug-likeness (QED) is 0.544. The molecule has 1 amide bonds. The summed E-state index contributed by atoms with van der Waals surface area (Å²) in [5.41, 5.74) is 2.08.